The number of ether oxygens (including phenoxy) is 2. The van der Waals surface area contributed by atoms with Gasteiger partial charge >= 0.3 is 6.09 Å². The number of hydrogen-bond acceptors (Lipinski definition) is 5. The maximum atomic E-state index is 13.3. The summed E-state index contributed by atoms with van der Waals surface area (Å²) in [5.74, 6) is -0.570. The van der Waals surface area contributed by atoms with Crippen LogP contribution in [0.1, 0.15) is 44.9 Å². The van der Waals surface area contributed by atoms with Crippen molar-refractivity contribution in [1.82, 2.24) is 9.88 Å². The van der Waals surface area contributed by atoms with E-state index in [-0.39, 0.29) is 18.2 Å². The average molecular weight is 352 g/mol. The number of carbonyl (C=O) groups excluding carboxylic acids is 1. The predicted molar refractivity (Wildman–Crippen MR) is 88.5 cm³/mol. The zero-order chi connectivity index (χ0) is 18.4. The van der Waals surface area contributed by atoms with Crippen LogP contribution in [0.4, 0.5) is 9.18 Å². The third-order valence-corrected chi connectivity index (χ3v) is 4.71. The van der Waals surface area contributed by atoms with E-state index < -0.39 is 17.1 Å². The minimum atomic E-state index is -1.16. The Hall–Kier alpha value is -1.73. The largest absolute Gasteiger partial charge is 0.444 e. The predicted octanol–water partition coefficient (Wildman–Crippen LogP) is 2.52. The van der Waals surface area contributed by atoms with E-state index in [1.165, 1.54) is 6.07 Å². The molecule has 1 amide bonds. The number of hydrogen-bond donors (Lipinski definition) is 1. The van der Waals surface area contributed by atoms with Crippen molar-refractivity contribution in [2.45, 2.75) is 63.8 Å². The summed E-state index contributed by atoms with van der Waals surface area (Å²) in [4.78, 5) is 18.1. The Labute approximate surface area is 146 Å². The molecule has 0 aliphatic carbocycles. The Morgan fingerprint density at radius 2 is 1.96 bits per heavy atom. The molecule has 0 spiro atoms. The number of halogens is 1. The van der Waals surface area contributed by atoms with Crippen LogP contribution in [0, 0.1) is 12.9 Å². The van der Waals surface area contributed by atoms with Gasteiger partial charge in [0.25, 0.3) is 0 Å². The highest BCUT2D eigenvalue weighted by Crippen LogP contribution is 2.42. The first-order valence-electron chi connectivity index (χ1n) is 8.54. The lowest BCUT2D eigenvalue weighted by molar-refractivity contribution is -0.141. The van der Waals surface area contributed by atoms with Gasteiger partial charge in [0.2, 0.25) is 5.95 Å². The quantitative estimate of drug-likeness (QED) is 0.787. The number of fused-ring (bicyclic) bond motifs is 2. The zero-order valence-electron chi connectivity index (χ0n) is 15.1. The fourth-order valence-electron chi connectivity index (χ4n) is 3.83. The van der Waals surface area contributed by atoms with Gasteiger partial charge in [0.05, 0.1) is 30.9 Å². The van der Waals surface area contributed by atoms with Gasteiger partial charge in [-0.3, -0.25) is 4.90 Å². The van der Waals surface area contributed by atoms with Gasteiger partial charge in [0, 0.05) is 24.1 Å². The molecule has 138 valence electrons. The molecule has 2 atom stereocenters. The molecule has 0 aromatic carbocycles. The summed E-state index contributed by atoms with van der Waals surface area (Å²) in [5, 5.41) is 11.3. The topological polar surface area (TPSA) is 71.9 Å². The van der Waals surface area contributed by atoms with Crippen LogP contribution in [-0.2, 0) is 15.1 Å². The number of aliphatic hydroxyl groups is 1. The van der Waals surface area contributed by atoms with Gasteiger partial charge < -0.3 is 14.6 Å². The molecule has 2 unspecified atom stereocenters. The maximum Gasteiger partial charge on any atom is 0.410 e. The van der Waals surface area contributed by atoms with Crippen LogP contribution in [0.3, 0.4) is 0 Å². The number of nitrogens with zero attached hydrogens (tertiary/aromatic N) is 2. The van der Waals surface area contributed by atoms with Crippen LogP contribution in [0.5, 0.6) is 0 Å². The molecule has 2 saturated heterocycles. The number of aromatic nitrogens is 1. The number of piperidine rings is 1. The number of pyridine rings is 1. The molecule has 0 saturated carbocycles. The van der Waals surface area contributed by atoms with E-state index in [2.05, 4.69) is 4.98 Å². The summed E-state index contributed by atoms with van der Waals surface area (Å²) < 4.78 is 24.4. The molecule has 25 heavy (non-hydrogen) atoms. The second-order valence-electron chi connectivity index (χ2n) is 7.94. The Morgan fingerprint density at radius 1 is 1.36 bits per heavy atom. The molecular formula is C18H25FN2O4. The van der Waals surface area contributed by atoms with Crippen molar-refractivity contribution in [1.29, 1.82) is 0 Å². The summed E-state index contributed by atoms with van der Waals surface area (Å²) in [6.45, 7) is 7.83. The molecule has 2 aliphatic rings. The highest BCUT2D eigenvalue weighted by atomic mass is 19.1. The van der Waals surface area contributed by atoms with Crippen LogP contribution in [0.25, 0.3) is 0 Å². The Bertz CT molecular complexity index is 660. The van der Waals surface area contributed by atoms with Crippen molar-refractivity contribution in [3.8, 4) is 0 Å². The number of amides is 1. The van der Waals surface area contributed by atoms with Gasteiger partial charge in [0.1, 0.15) is 5.60 Å². The van der Waals surface area contributed by atoms with E-state index in [0.29, 0.717) is 37.3 Å². The summed E-state index contributed by atoms with van der Waals surface area (Å²) in [5.41, 5.74) is -0.679. The lowest BCUT2D eigenvalue weighted by Crippen LogP contribution is -2.63. The van der Waals surface area contributed by atoms with Crippen LogP contribution in [0.2, 0.25) is 0 Å². The van der Waals surface area contributed by atoms with Crippen molar-refractivity contribution in [2.24, 2.45) is 0 Å². The van der Waals surface area contributed by atoms with Gasteiger partial charge in [-0.1, -0.05) is 0 Å². The van der Waals surface area contributed by atoms with E-state index in [4.69, 9.17) is 9.47 Å². The first-order chi connectivity index (χ1) is 11.6. The van der Waals surface area contributed by atoms with E-state index in [9.17, 15) is 14.3 Å². The smallest absolute Gasteiger partial charge is 0.410 e. The van der Waals surface area contributed by atoms with Crippen LogP contribution >= 0.6 is 0 Å². The second kappa shape index (κ2) is 6.21. The Balaban J connectivity index is 1.87. The van der Waals surface area contributed by atoms with Crippen molar-refractivity contribution in [2.75, 3.05) is 13.2 Å². The van der Waals surface area contributed by atoms with Crippen molar-refractivity contribution < 1.29 is 23.8 Å². The Morgan fingerprint density at radius 3 is 2.48 bits per heavy atom. The molecule has 2 bridgehead atoms. The number of carbonyl (C=O) groups is 1. The van der Waals surface area contributed by atoms with Gasteiger partial charge in [-0.05, 0) is 39.8 Å². The summed E-state index contributed by atoms with van der Waals surface area (Å²) in [7, 11) is 0. The van der Waals surface area contributed by atoms with Crippen molar-refractivity contribution in [3.05, 3.63) is 29.3 Å². The maximum absolute atomic E-state index is 13.3. The first kappa shape index (κ1) is 18.1. The molecule has 2 fully saturated rings. The molecule has 0 radical (unpaired) electrons. The minimum Gasteiger partial charge on any atom is -0.444 e. The van der Waals surface area contributed by atoms with Crippen LogP contribution in [-0.4, -0.2) is 52.0 Å². The van der Waals surface area contributed by atoms with Gasteiger partial charge in [0.15, 0.2) is 0 Å². The molecule has 1 N–H and O–H groups in total. The third kappa shape index (κ3) is 3.62. The van der Waals surface area contributed by atoms with E-state index in [0.717, 1.165) is 0 Å². The lowest BCUT2D eigenvalue weighted by atomic mass is 9.76. The molecule has 7 heteroatoms. The summed E-state index contributed by atoms with van der Waals surface area (Å²) in [6, 6.07) is 2.25. The molecule has 3 heterocycles. The van der Waals surface area contributed by atoms with Crippen molar-refractivity contribution >= 4 is 6.09 Å². The fourth-order valence-corrected chi connectivity index (χ4v) is 3.83. The average Bonchev–Trinajstić information content (AvgIpc) is 2.43. The van der Waals surface area contributed by atoms with E-state index in [1.807, 2.05) is 20.8 Å². The number of rotatable bonds is 1. The normalized spacial score (nSPS) is 29.4. The molecule has 3 rings (SSSR count). The SMILES string of the molecule is Cc1nc(F)ccc1C1(O)CC2COCC(C1)N2C(=O)OC(C)(C)C. The highest BCUT2D eigenvalue weighted by Gasteiger charge is 2.50. The minimum absolute atomic E-state index is 0.295. The molecule has 1 aromatic rings. The Kier molecular flexibility index (Phi) is 4.49. The summed E-state index contributed by atoms with van der Waals surface area (Å²) >= 11 is 0. The van der Waals surface area contributed by atoms with Crippen molar-refractivity contribution in [3.63, 3.8) is 0 Å². The third-order valence-electron chi connectivity index (χ3n) is 4.71. The van der Waals surface area contributed by atoms with Crippen LogP contribution in [0.15, 0.2) is 12.1 Å². The number of morpholine rings is 1. The first-order valence-corrected chi connectivity index (χ1v) is 8.54. The highest BCUT2D eigenvalue weighted by molar-refractivity contribution is 5.69. The van der Waals surface area contributed by atoms with Gasteiger partial charge in [-0.25, -0.2) is 9.78 Å². The van der Waals surface area contributed by atoms with Gasteiger partial charge in [-0.2, -0.15) is 4.39 Å². The molecule has 1 aromatic heterocycles. The zero-order valence-corrected chi connectivity index (χ0v) is 15.1. The monoisotopic (exact) mass is 352 g/mol. The number of aryl methyl sites for hydroxylation is 1. The van der Waals surface area contributed by atoms with Crippen LogP contribution < -0.4 is 0 Å². The second-order valence-corrected chi connectivity index (χ2v) is 7.94. The van der Waals surface area contributed by atoms with E-state index in [1.54, 1.807) is 17.9 Å². The molecule has 2 aliphatic heterocycles. The van der Waals surface area contributed by atoms with Gasteiger partial charge in [-0.15, -0.1) is 0 Å². The summed E-state index contributed by atoms with van der Waals surface area (Å²) in [6.07, 6.45) is 0.218. The van der Waals surface area contributed by atoms with E-state index >= 15 is 0 Å². The lowest BCUT2D eigenvalue weighted by Gasteiger charge is -2.51. The molecule has 6 nitrogen and oxygen atoms in total. The standard InChI is InChI=1S/C18H25FN2O4/c1-11-14(5-6-15(19)20-11)18(23)7-12-9-24-10-13(8-18)21(12)16(22)25-17(2,3)4/h5-6,12-13,23H,7-10H2,1-4H3. The fraction of sp³-hybridized carbons (Fsp3) is 0.667. The molecular weight excluding hydrogens is 327 g/mol.